The van der Waals surface area contributed by atoms with Gasteiger partial charge in [-0.3, -0.25) is 9.69 Å². The third-order valence-corrected chi connectivity index (χ3v) is 6.50. The Labute approximate surface area is 140 Å². The Hall–Kier alpha value is -0.660. The van der Waals surface area contributed by atoms with Crippen LogP contribution in [0.2, 0.25) is 0 Å². The predicted octanol–water partition coefficient (Wildman–Crippen LogP) is 1.04. The van der Waals surface area contributed by atoms with Gasteiger partial charge in [0.1, 0.15) is 0 Å². The molecule has 2 heterocycles. The Kier molecular flexibility index (Phi) is 6.08. The van der Waals surface area contributed by atoms with Crippen molar-refractivity contribution in [2.24, 2.45) is 5.92 Å². The molecule has 0 aromatic rings. The number of hydrogen-bond donors (Lipinski definition) is 1. The average molecular weight is 346 g/mol. The molecule has 2 aliphatic heterocycles. The summed E-state index contributed by atoms with van der Waals surface area (Å²) in [6.45, 7) is 8.14. The number of likely N-dealkylation sites (tertiary alicyclic amines) is 1. The third-order valence-electron chi connectivity index (χ3n) is 5.20. The van der Waals surface area contributed by atoms with Gasteiger partial charge in [0.05, 0.1) is 6.26 Å². The molecule has 134 valence electrons. The summed E-state index contributed by atoms with van der Waals surface area (Å²) in [5.41, 5.74) is -0.0243. The molecule has 7 heteroatoms. The maximum atomic E-state index is 12.4. The number of nitrogens with one attached hydrogen (secondary N) is 1. The number of carbonyl (C=O) groups is 1. The van der Waals surface area contributed by atoms with E-state index in [1.807, 2.05) is 0 Å². The van der Waals surface area contributed by atoms with E-state index in [0.29, 0.717) is 32.5 Å². The van der Waals surface area contributed by atoms with Crippen molar-refractivity contribution in [1.82, 2.24) is 14.5 Å². The monoisotopic (exact) mass is 345 g/mol. The fourth-order valence-corrected chi connectivity index (χ4v) is 4.38. The summed E-state index contributed by atoms with van der Waals surface area (Å²) >= 11 is 0. The Balaban J connectivity index is 1.79. The molecule has 0 aliphatic carbocycles. The molecule has 23 heavy (non-hydrogen) atoms. The lowest BCUT2D eigenvalue weighted by Crippen LogP contribution is -2.54. The first-order valence-corrected chi connectivity index (χ1v) is 10.5. The molecule has 6 nitrogen and oxygen atoms in total. The highest BCUT2D eigenvalue weighted by molar-refractivity contribution is 7.88. The quantitative estimate of drug-likeness (QED) is 0.808. The average Bonchev–Trinajstić information content (AvgIpc) is 2.53. The summed E-state index contributed by atoms with van der Waals surface area (Å²) in [4.78, 5) is 14.8. The Bertz CT molecular complexity index is 505. The Morgan fingerprint density at radius 1 is 1.09 bits per heavy atom. The van der Waals surface area contributed by atoms with Crippen molar-refractivity contribution in [3.05, 3.63) is 0 Å². The van der Waals surface area contributed by atoms with Gasteiger partial charge >= 0.3 is 0 Å². The van der Waals surface area contributed by atoms with Crippen molar-refractivity contribution in [3.63, 3.8) is 0 Å². The van der Waals surface area contributed by atoms with Gasteiger partial charge in [0.25, 0.3) is 0 Å². The van der Waals surface area contributed by atoms with Crippen LogP contribution in [0.1, 0.15) is 46.0 Å². The molecule has 2 saturated heterocycles. The van der Waals surface area contributed by atoms with E-state index in [1.165, 1.54) is 29.8 Å². The maximum absolute atomic E-state index is 12.4. The minimum absolute atomic E-state index is 0.0243. The van der Waals surface area contributed by atoms with Gasteiger partial charge in [-0.25, -0.2) is 12.7 Å². The summed E-state index contributed by atoms with van der Waals surface area (Å²) < 4.78 is 24.5. The van der Waals surface area contributed by atoms with Crippen LogP contribution >= 0.6 is 0 Å². The van der Waals surface area contributed by atoms with Crippen LogP contribution in [0.4, 0.5) is 0 Å². The lowest BCUT2D eigenvalue weighted by atomic mass is 9.95. The highest BCUT2D eigenvalue weighted by atomic mass is 32.2. The first kappa shape index (κ1) is 18.7. The van der Waals surface area contributed by atoms with E-state index < -0.39 is 10.0 Å². The van der Waals surface area contributed by atoms with Crippen LogP contribution in [0.5, 0.6) is 0 Å². The van der Waals surface area contributed by atoms with Gasteiger partial charge in [0, 0.05) is 31.1 Å². The van der Waals surface area contributed by atoms with E-state index in [2.05, 4.69) is 24.1 Å². The Morgan fingerprint density at radius 2 is 1.65 bits per heavy atom. The number of sulfonamides is 1. The van der Waals surface area contributed by atoms with Crippen molar-refractivity contribution >= 4 is 15.9 Å². The van der Waals surface area contributed by atoms with Crippen molar-refractivity contribution in [1.29, 1.82) is 0 Å². The number of amides is 1. The van der Waals surface area contributed by atoms with E-state index in [0.717, 1.165) is 13.1 Å². The van der Waals surface area contributed by atoms with Crippen LogP contribution in [-0.2, 0) is 14.8 Å². The number of carbonyl (C=O) groups excluding carboxylic acids is 1. The molecule has 0 unspecified atom stereocenters. The molecule has 2 aliphatic rings. The van der Waals surface area contributed by atoms with Gasteiger partial charge in [0.15, 0.2) is 0 Å². The molecule has 0 aromatic heterocycles. The highest BCUT2D eigenvalue weighted by Gasteiger charge is 2.32. The lowest BCUT2D eigenvalue weighted by Gasteiger charge is -2.41. The molecule has 0 radical (unpaired) electrons. The van der Waals surface area contributed by atoms with E-state index in [4.69, 9.17) is 0 Å². The van der Waals surface area contributed by atoms with Gasteiger partial charge in [-0.05, 0) is 52.6 Å². The van der Waals surface area contributed by atoms with Crippen LogP contribution in [0.15, 0.2) is 0 Å². The second kappa shape index (κ2) is 7.49. The summed E-state index contributed by atoms with van der Waals surface area (Å²) in [5, 5.41) is 3.09. The van der Waals surface area contributed by atoms with Crippen LogP contribution < -0.4 is 5.32 Å². The third kappa shape index (κ3) is 5.16. The summed E-state index contributed by atoms with van der Waals surface area (Å²) in [5.74, 6) is 0.00777. The molecule has 2 fully saturated rings. The molecule has 0 atom stereocenters. The molecule has 1 N–H and O–H groups in total. The SMILES string of the molecule is CC(C)(CNC(=O)C1CCN(S(C)(=O)=O)CC1)N1CCCCC1. The second-order valence-electron chi connectivity index (χ2n) is 7.51. The summed E-state index contributed by atoms with van der Waals surface area (Å²) in [6, 6.07) is 0. The van der Waals surface area contributed by atoms with Gasteiger partial charge < -0.3 is 5.32 Å². The minimum atomic E-state index is -3.13. The van der Waals surface area contributed by atoms with Gasteiger partial charge in [0.2, 0.25) is 15.9 Å². The zero-order valence-corrected chi connectivity index (χ0v) is 15.5. The van der Waals surface area contributed by atoms with Crippen molar-refractivity contribution in [3.8, 4) is 0 Å². The van der Waals surface area contributed by atoms with Crippen LogP contribution in [0, 0.1) is 5.92 Å². The van der Waals surface area contributed by atoms with E-state index in [1.54, 1.807) is 0 Å². The maximum Gasteiger partial charge on any atom is 0.223 e. The zero-order valence-electron chi connectivity index (χ0n) is 14.7. The first-order chi connectivity index (χ1) is 10.7. The molecule has 1 amide bonds. The Morgan fingerprint density at radius 3 is 2.17 bits per heavy atom. The van der Waals surface area contributed by atoms with Crippen molar-refractivity contribution in [2.75, 3.05) is 39.0 Å². The smallest absolute Gasteiger partial charge is 0.223 e. The van der Waals surface area contributed by atoms with Gasteiger partial charge in [-0.15, -0.1) is 0 Å². The fourth-order valence-electron chi connectivity index (χ4n) is 3.51. The van der Waals surface area contributed by atoms with Gasteiger partial charge in [-0.1, -0.05) is 6.42 Å². The number of nitrogens with zero attached hydrogens (tertiary/aromatic N) is 2. The number of rotatable bonds is 5. The molecular formula is C16H31N3O3S. The topological polar surface area (TPSA) is 69.7 Å². The molecule has 0 saturated carbocycles. The molecule has 0 spiro atoms. The van der Waals surface area contributed by atoms with E-state index >= 15 is 0 Å². The van der Waals surface area contributed by atoms with E-state index in [-0.39, 0.29) is 17.4 Å². The summed E-state index contributed by atoms with van der Waals surface area (Å²) in [7, 11) is -3.13. The van der Waals surface area contributed by atoms with E-state index in [9.17, 15) is 13.2 Å². The molecular weight excluding hydrogens is 314 g/mol. The molecule has 2 rings (SSSR count). The minimum Gasteiger partial charge on any atom is -0.354 e. The molecule has 0 bridgehead atoms. The standard InChI is InChI=1S/C16H31N3O3S/c1-16(2,18-9-5-4-6-10-18)13-17-15(20)14-7-11-19(12-8-14)23(3,21)22/h14H,4-13H2,1-3H3,(H,17,20). The van der Waals surface area contributed by atoms with Crippen LogP contribution in [-0.4, -0.2) is 68.0 Å². The van der Waals surface area contributed by atoms with Gasteiger partial charge in [-0.2, -0.15) is 0 Å². The van der Waals surface area contributed by atoms with Crippen LogP contribution in [0.3, 0.4) is 0 Å². The fraction of sp³-hybridized carbons (Fsp3) is 0.938. The largest absolute Gasteiger partial charge is 0.354 e. The molecule has 0 aromatic carbocycles. The highest BCUT2D eigenvalue weighted by Crippen LogP contribution is 2.22. The number of hydrogen-bond acceptors (Lipinski definition) is 4. The van der Waals surface area contributed by atoms with Crippen molar-refractivity contribution in [2.45, 2.75) is 51.5 Å². The second-order valence-corrected chi connectivity index (χ2v) is 9.50. The number of piperidine rings is 2. The van der Waals surface area contributed by atoms with Crippen LogP contribution in [0.25, 0.3) is 0 Å². The predicted molar refractivity (Wildman–Crippen MR) is 91.7 cm³/mol. The normalized spacial score (nSPS) is 22.9. The van der Waals surface area contributed by atoms with Crippen molar-refractivity contribution < 1.29 is 13.2 Å². The zero-order chi connectivity index (χ0) is 17.1. The summed E-state index contributed by atoms with van der Waals surface area (Å²) in [6.07, 6.45) is 6.24. The lowest BCUT2D eigenvalue weighted by molar-refractivity contribution is -0.126. The first-order valence-electron chi connectivity index (χ1n) is 8.68.